The van der Waals surface area contributed by atoms with Gasteiger partial charge in [0.25, 0.3) is 0 Å². The molecule has 1 atom stereocenters. The summed E-state index contributed by atoms with van der Waals surface area (Å²) in [6.07, 6.45) is 0.941. The first-order chi connectivity index (χ1) is 15.1. The number of carboxylic acid groups (broad SMARTS) is 1. The van der Waals surface area contributed by atoms with Gasteiger partial charge in [-0.25, -0.2) is 4.79 Å². The molecule has 1 unspecified atom stereocenters. The van der Waals surface area contributed by atoms with Crippen molar-refractivity contribution in [2.45, 2.75) is 39.0 Å². The summed E-state index contributed by atoms with van der Waals surface area (Å²) in [6, 6.07) is 11.7. The third kappa shape index (κ3) is 3.91. The molecule has 0 saturated heterocycles. The zero-order valence-corrected chi connectivity index (χ0v) is 18.9. The Morgan fingerprint density at radius 3 is 2.59 bits per heavy atom. The monoisotopic (exact) mass is 453 g/mol. The van der Waals surface area contributed by atoms with E-state index in [2.05, 4.69) is 0 Å². The van der Waals surface area contributed by atoms with Crippen LogP contribution in [0.4, 0.5) is 5.69 Å². The smallest absolute Gasteiger partial charge is 0.335 e. The molecule has 0 radical (unpaired) electrons. The number of carboxylic acids is 1. The molecular weight excluding hydrogens is 430 g/mol. The van der Waals surface area contributed by atoms with Gasteiger partial charge >= 0.3 is 5.97 Å². The van der Waals surface area contributed by atoms with E-state index in [0.29, 0.717) is 35.5 Å². The molecule has 2 aliphatic rings. The second-order valence-corrected chi connectivity index (χ2v) is 9.44. The van der Waals surface area contributed by atoms with E-state index in [1.165, 1.54) is 23.1 Å². The van der Waals surface area contributed by atoms with Crippen LogP contribution in [-0.4, -0.2) is 29.9 Å². The number of carbonyl (C=O) groups excluding carboxylic acids is 2. The number of aromatic carboxylic acids is 1. The average molecular weight is 454 g/mol. The summed E-state index contributed by atoms with van der Waals surface area (Å²) in [5, 5.41) is 9.69. The normalized spacial score (nSPS) is 20.2. The number of amides is 1. The van der Waals surface area contributed by atoms with Crippen molar-refractivity contribution < 1.29 is 24.2 Å². The Hall–Kier alpha value is -3.12. The van der Waals surface area contributed by atoms with E-state index in [0.717, 1.165) is 5.56 Å². The van der Waals surface area contributed by atoms with Crippen molar-refractivity contribution in [1.29, 1.82) is 0 Å². The highest BCUT2D eigenvalue weighted by atomic mass is 35.5. The number of ether oxygens (including phenoxy) is 1. The highest BCUT2D eigenvalue weighted by molar-refractivity contribution is 6.34. The van der Waals surface area contributed by atoms with Gasteiger partial charge in [-0.3, -0.25) is 14.5 Å². The molecule has 1 heterocycles. The number of Topliss-reactive ketones (excluding diaryl/α,β-unsaturated/α-hetero) is 1. The molecule has 6 nitrogen and oxygen atoms in total. The molecule has 4 rings (SSSR count). The van der Waals surface area contributed by atoms with Crippen LogP contribution in [0.25, 0.3) is 0 Å². The molecule has 7 heteroatoms. The molecule has 1 aliphatic heterocycles. The molecule has 1 aliphatic carbocycles. The first-order valence-electron chi connectivity index (χ1n) is 10.4. The third-order valence-electron chi connectivity index (χ3n) is 6.07. The predicted molar refractivity (Wildman–Crippen MR) is 121 cm³/mol. The Morgan fingerprint density at radius 2 is 1.91 bits per heavy atom. The van der Waals surface area contributed by atoms with E-state index in [9.17, 15) is 19.5 Å². The van der Waals surface area contributed by atoms with Crippen molar-refractivity contribution in [2.24, 2.45) is 5.41 Å². The minimum atomic E-state index is -1.11. The predicted octanol–water partition coefficient (Wildman–Crippen LogP) is 5.21. The second kappa shape index (κ2) is 8.10. The number of hydrogen-bond donors (Lipinski definition) is 1. The molecule has 2 aromatic carbocycles. The number of benzene rings is 2. The van der Waals surface area contributed by atoms with Gasteiger partial charge in [-0.15, -0.1) is 0 Å². The van der Waals surface area contributed by atoms with Crippen molar-refractivity contribution in [3.63, 3.8) is 0 Å². The van der Waals surface area contributed by atoms with Crippen LogP contribution in [0.1, 0.15) is 54.9 Å². The van der Waals surface area contributed by atoms with Crippen molar-refractivity contribution in [1.82, 2.24) is 0 Å². The fraction of sp³-hybridized carbons (Fsp3) is 0.320. The van der Waals surface area contributed by atoms with Crippen LogP contribution in [0.5, 0.6) is 5.75 Å². The van der Waals surface area contributed by atoms with Crippen molar-refractivity contribution >= 4 is 34.9 Å². The van der Waals surface area contributed by atoms with Crippen LogP contribution in [0, 0.1) is 5.41 Å². The van der Waals surface area contributed by atoms with Crippen LogP contribution in [-0.2, 0) is 9.59 Å². The number of halogens is 1. The van der Waals surface area contributed by atoms with Crippen LogP contribution >= 0.6 is 11.6 Å². The molecule has 166 valence electrons. The molecule has 0 bridgehead atoms. The summed E-state index contributed by atoms with van der Waals surface area (Å²) < 4.78 is 5.34. The standard InChI is InChI=1S/C25H24ClNO5/c1-25(2)12-20-23(21(28)13-25)17(14-5-4-6-16(9-14)32-3)11-22(29)27(20)19-10-15(24(30)31)7-8-18(19)26/h4-10,17H,11-13H2,1-3H3,(H,30,31). The highest BCUT2D eigenvalue weighted by Gasteiger charge is 2.44. The summed E-state index contributed by atoms with van der Waals surface area (Å²) in [5.41, 5.74) is 1.99. The Labute approximate surface area is 191 Å². The number of anilines is 1. The Morgan fingerprint density at radius 1 is 1.16 bits per heavy atom. The van der Waals surface area contributed by atoms with Crippen LogP contribution in [0.3, 0.4) is 0 Å². The number of rotatable bonds is 4. The van der Waals surface area contributed by atoms with Gasteiger partial charge in [0.1, 0.15) is 5.75 Å². The van der Waals surface area contributed by atoms with Crippen molar-refractivity contribution in [3.8, 4) is 5.75 Å². The maximum Gasteiger partial charge on any atom is 0.335 e. The molecule has 2 aromatic rings. The second-order valence-electron chi connectivity index (χ2n) is 9.04. The lowest BCUT2D eigenvalue weighted by Gasteiger charge is -2.43. The summed E-state index contributed by atoms with van der Waals surface area (Å²) in [7, 11) is 1.57. The lowest BCUT2D eigenvalue weighted by molar-refractivity contribution is -0.121. The Kier molecular flexibility index (Phi) is 5.59. The minimum Gasteiger partial charge on any atom is -0.497 e. The number of allylic oxidation sites excluding steroid dienone is 2. The van der Waals surface area contributed by atoms with E-state index in [-0.39, 0.29) is 34.1 Å². The van der Waals surface area contributed by atoms with Crippen LogP contribution in [0.15, 0.2) is 53.7 Å². The van der Waals surface area contributed by atoms with E-state index in [4.69, 9.17) is 16.3 Å². The lowest BCUT2D eigenvalue weighted by atomic mass is 9.69. The van der Waals surface area contributed by atoms with Crippen molar-refractivity contribution in [2.75, 3.05) is 12.0 Å². The zero-order chi connectivity index (χ0) is 23.2. The molecule has 0 fully saturated rings. The van der Waals surface area contributed by atoms with Crippen LogP contribution in [0.2, 0.25) is 5.02 Å². The molecule has 1 amide bonds. The third-order valence-corrected chi connectivity index (χ3v) is 6.39. The Balaban J connectivity index is 1.93. The quantitative estimate of drug-likeness (QED) is 0.686. The summed E-state index contributed by atoms with van der Waals surface area (Å²) in [4.78, 5) is 39.9. The van der Waals surface area contributed by atoms with Gasteiger partial charge in [-0.1, -0.05) is 37.6 Å². The average Bonchev–Trinajstić information content (AvgIpc) is 2.73. The maximum atomic E-state index is 13.5. The van der Waals surface area contributed by atoms with E-state index in [1.807, 2.05) is 38.1 Å². The highest BCUT2D eigenvalue weighted by Crippen LogP contribution is 2.49. The van der Waals surface area contributed by atoms with Gasteiger partial charge in [0.2, 0.25) is 5.91 Å². The van der Waals surface area contributed by atoms with E-state index in [1.54, 1.807) is 7.11 Å². The first kappa shape index (κ1) is 22.1. The number of ketones is 1. The van der Waals surface area contributed by atoms with Gasteiger partial charge in [0.05, 0.1) is 23.4 Å². The summed E-state index contributed by atoms with van der Waals surface area (Å²) in [5.74, 6) is -1.09. The fourth-order valence-corrected chi connectivity index (χ4v) is 4.86. The molecule has 0 saturated carbocycles. The summed E-state index contributed by atoms with van der Waals surface area (Å²) >= 11 is 6.42. The van der Waals surface area contributed by atoms with E-state index >= 15 is 0 Å². The van der Waals surface area contributed by atoms with Gasteiger partial charge in [-0.2, -0.15) is 0 Å². The maximum absolute atomic E-state index is 13.5. The molecule has 0 aromatic heterocycles. The fourth-order valence-electron chi connectivity index (χ4n) is 4.65. The molecular formula is C25H24ClNO5. The minimum absolute atomic E-state index is 0.00733. The van der Waals surface area contributed by atoms with Gasteiger partial charge in [-0.05, 0) is 47.7 Å². The largest absolute Gasteiger partial charge is 0.497 e. The van der Waals surface area contributed by atoms with Crippen molar-refractivity contribution in [3.05, 3.63) is 69.9 Å². The van der Waals surface area contributed by atoms with Gasteiger partial charge < -0.3 is 9.84 Å². The van der Waals surface area contributed by atoms with Crippen LogP contribution < -0.4 is 9.64 Å². The molecule has 0 spiro atoms. The first-order valence-corrected chi connectivity index (χ1v) is 10.7. The number of methoxy groups -OCH3 is 1. The van der Waals surface area contributed by atoms with E-state index < -0.39 is 11.9 Å². The Bertz CT molecular complexity index is 1170. The summed E-state index contributed by atoms with van der Waals surface area (Å²) in [6.45, 7) is 3.98. The molecule has 32 heavy (non-hydrogen) atoms. The number of hydrogen-bond acceptors (Lipinski definition) is 4. The SMILES string of the molecule is COc1cccc(C2CC(=O)N(c3cc(C(=O)O)ccc3Cl)C3=C2C(=O)CC(C)(C)C3)c1. The lowest BCUT2D eigenvalue weighted by Crippen LogP contribution is -2.44. The van der Waals surface area contributed by atoms with Gasteiger partial charge in [0, 0.05) is 30.0 Å². The zero-order valence-electron chi connectivity index (χ0n) is 18.1. The number of nitrogens with zero attached hydrogens (tertiary/aromatic N) is 1. The topological polar surface area (TPSA) is 83.9 Å². The molecule has 1 N–H and O–H groups in total. The van der Waals surface area contributed by atoms with Gasteiger partial charge in [0.15, 0.2) is 5.78 Å². The number of carbonyl (C=O) groups is 3.